The smallest absolute Gasteiger partial charge is 0.122 e. The van der Waals surface area contributed by atoms with Crippen LogP contribution in [0.3, 0.4) is 0 Å². The number of hydrogen-bond donors (Lipinski definition) is 0. The predicted molar refractivity (Wildman–Crippen MR) is 68.9 cm³/mol. The van der Waals surface area contributed by atoms with Gasteiger partial charge in [0.25, 0.3) is 0 Å². The maximum absolute atomic E-state index is 6.10. The van der Waals surface area contributed by atoms with Crippen LogP contribution in [0, 0.1) is 0 Å². The highest BCUT2D eigenvalue weighted by atomic mass is 79.9. The zero-order valence-corrected chi connectivity index (χ0v) is 11.4. The molecule has 0 heterocycles. The van der Waals surface area contributed by atoms with Crippen LogP contribution < -0.4 is 4.74 Å². The van der Waals surface area contributed by atoms with E-state index in [0.29, 0.717) is 0 Å². The Balaban J connectivity index is 2.69. The summed E-state index contributed by atoms with van der Waals surface area (Å²) >= 11 is 9.56. The molecule has 3 heteroatoms. The fourth-order valence-corrected chi connectivity index (χ4v) is 1.98. The molecule has 0 N–H and O–H groups in total. The molecule has 0 fully saturated rings. The SMILES string of the molecule is CCC(Cl)CCc1cc(Br)ccc1OC. The second-order valence-corrected chi connectivity index (χ2v) is 5.03. The maximum atomic E-state index is 6.10. The van der Waals surface area contributed by atoms with Crippen molar-refractivity contribution >= 4 is 27.5 Å². The standard InChI is InChI=1S/C12H16BrClO/c1-3-11(14)6-4-9-8-10(13)5-7-12(9)15-2/h5,7-8,11H,3-4,6H2,1-2H3. The van der Waals surface area contributed by atoms with Crippen molar-refractivity contribution in [1.82, 2.24) is 0 Å². The average molecular weight is 292 g/mol. The first-order valence-corrected chi connectivity index (χ1v) is 6.36. The molecule has 15 heavy (non-hydrogen) atoms. The van der Waals surface area contributed by atoms with Gasteiger partial charge < -0.3 is 4.74 Å². The van der Waals surface area contributed by atoms with E-state index in [0.717, 1.165) is 29.5 Å². The van der Waals surface area contributed by atoms with Crippen molar-refractivity contribution in [3.63, 3.8) is 0 Å². The molecular formula is C12H16BrClO. The highest BCUT2D eigenvalue weighted by Crippen LogP contribution is 2.25. The molecule has 0 aliphatic rings. The summed E-state index contributed by atoms with van der Waals surface area (Å²) in [5.41, 5.74) is 1.21. The first-order chi connectivity index (χ1) is 7.17. The second kappa shape index (κ2) is 6.39. The summed E-state index contributed by atoms with van der Waals surface area (Å²) in [4.78, 5) is 0. The number of ether oxygens (including phenoxy) is 1. The molecule has 0 aromatic heterocycles. The van der Waals surface area contributed by atoms with E-state index in [1.165, 1.54) is 5.56 Å². The molecular weight excluding hydrogens is 275 g/mol. The van der Waals surface area contributed by atoms with Crippen LogP contribution in [-0.4, -0.2) is 12.5 Å². The normalized spacial score (nSPS) is 12.5. The first kappa shape index (κ1) is 12.9. The van der Waals surface area contributed by atoms with Crippen molar-refractivity contribution in [3.8, 4) is 5.75 Å². The Bertz CT molecular complexity index is 314. The lowest BCUT2D eigenvalue weighted by Crippen LogP contribution is -2.00. The molecule has 0 saturated heterocycles. The lowest BCUT2D eigenvalue weighted by Gasteiger charge is -2.10. The number of halogens is 2. The zero-order valence-electron chi connectivity index (χ0n) is 9.09. The molecule has 0 aliphatic heterocycles. The third-order valence-electron chi connectivity index (χ3n) is 2.41. The lowest BCUT2D eigenvalue weighted by atomic mass is 10.1. The van der Waals surface area contributed by atoms with E-state index in [2.05, 4.69) is 28.9 Å². The molecule has 1 nitrogen and oxygen atoms in total. The van der Waals surface area contributed by atoms with Crippen molar-refractivity contribution < 1.29 is 4.74 Å². The van der Waals surface area contributed by atoms with Gasteiger partial charge in [-0.25, -0.2) is 0 Å². The fraction of sp³-hybridized carbons (Fsp3) is 0.500. The van der Waals surface area contributed by atoms with Gasteiger partial charge in [-0.05, 0) is 43.0 Å². The van der Waals surface area contributed by atoms with Gasteiger partial charge >= 0.3 is 0 Å². The average Bonchev–Trinajstić information content (AvgIpc) is 2.26. The van der Waals surface area contributed by atoms with E-state index in [9.17, 15) is 0 Å². The van der Waals surface area contributed by atoms with Crippen molar-refractivity contribution in [2.75, 3.05) is 7.11 Å². The van der Waals surface area contributed by atoms with E-state index in [-0.39, 0.29) is 5.38 Å². The minimum atomic E-state index is 0.258. The highest BCUT2D eigenvalue weighted by Gasteiger charge is 2.07. The van der Waals surface area contributed by atoms with E-state index in [1.807, 2.05) is 12.1 Å². The summed E-state index contributed by atoms with van der Waals surface area (Å²) in [6, 6.07) is 6.06. The summed E-state index contributed by atoms with van der Waals surface area (Å²) in [6.45, 7) is 2.11. The van der Waals surface area contributed by atoms with Crippen molar-refractivity contribution in [2.24, 2.45) is 0 Å². The van der Waals surface area contributed by atoms with Crippen LogP contribution in [0.5, 0.6) is 5.75 Å². The van der Waals surface area contributed by atoms with Gasteiger partial charge in [-0.3, -0.25) is 0 Å². The van der Waals surface area contributed by atoms with Gasteiger partial charge in [0.2, 0.25) is 0 Å². The van der Waals surface area contributed by atoms with Crippen LogP contribution in [0.25, 0.3) is 0 Å². The van der Waals surface area contributed by atoms with Gasteiger partial charge in [-0.2, -0.15) is 0 Å². The Labute approximate surface area is 105 Å². The second-order valence-electron chi connectivity index (χ2n) is 3.50. The highest BCUT2D eigenvalue weighted by molar-refractivity contribution is 9.10. The number of aryl methyl sites for hydroxylation is 1. The van der Waals surface area contributed by atoms with Crippen LogP contribution in [0.4, 0.5) is 0 Å². The van der Waals surface area contributed by atoms with Gasteiger partial charge in [0.15, 0.2) is 0 Å². The topological polar surface area (TPSA) is 9.23 Å². The third kappa shape index (κ3) is 4.04. The molecule has 84 valence electrons. The third-order valence-corrected chi connectivity index (χ3v) is 3.43. The van der Waals surface area contributed by atoms with Crippen molar-refractivity contribution in [3.05, 3.63) is 28.2 Å². The van der Waals surface area contributed by atoms with Gasteiger partial charge in [0, 0.05) is 9.85 Å². The predicted octanol–water partition coefficient (Wildman–Crippen LogP) is 4.41. The summed E-state index contributed by atoms with van der Waals surface area (Å²) in [7, 11) is 1.70. The van der Waals surface area contributed by atoms with Crippen molar-refractivity contribution in [1.29, 1.82) is 0 Å². The molecule has 1 rings (SSSR count). The summed E-state index contributed by atoms with van der Waals surface area (Å²) < 4.78 is 6.39. The maximum Gasteiger partial charge on any atom is 0.122 e. The minimum absolute atomic E-state index is 0.258. The molecule has 0 amide bonds. The molecule has 0 aliphatic carbocycles. The zero-order chi connectivity index (χ0) is 11.3. The summed E-state index contributed by atoms with van der Waals surface area (Å²) in [5, 5.41) is 0.258. The monoisotopic (exact) mass is 290 g/mol. The Kier molecular flexibility index (Phi) is 5.48. The molecule has 0 saturated carbocycles. The number of alkyl halides is 1. The molecule has 0 radical (unpaired) electrons. The van der Waals surface area contributed by atoms with Gasteiger partial charge in [-0.15, -0.1) is 11.6 Å². The van der Waals surface area contributed by atoms with E-state index in [4.69, 9.17) is 16.3 Å². The number of methoxy groups -OCH3 is 1. The van der Waals surface area contributed by atoms with Gasteiger partial charge in [-0.1, -0.05) is 22.9 Å². The first-order valence-electron chi connectivity index (χ1n) is 5.13. The van der Waals surface area contributed by atoms with Gasteiger partial charge in [0.1, 0.15) is 5.75 Å². The Hall–Kier alpha value is -0.210. The molecule has 0 bridgehead atoms. The minimum Gasteiger partial charge on any atom is -0.496 e. The van der Waals surface area contributed by atoms with E-state index >= 15 is 0 Å². The number of rotatable bonds is 5. The van der Waals surface area contributed by atoms with Gasteiger partial charge in [0.05, 0.1) is 7.11 Å². The molecule has 0 spiro atoms. The summed E-state index contributed by atoms with van der Waals surface area (Å²) in [5.74, 6) is 0.943. The number of hydrogen-bond acceptors (Lipinski definition) is 1. The lowest BCUT2D eigenvalue weighted by molar-refractivity contribution is 0.409. The molecule has 1 aromatic carbocycles. The van der Waals surface area contributed by atoms with Crippen molar-refractivity contribution in [2.45, 2.75) is 31.6 Å². The van der Waals surface area contributed by atoms with Crippen LogP contribution in [-0.2, 0) is 6.42 Å². The van der Waals surface area contributed by atoms with E-state index in [1.54, 1.807) is 7.11 Å². The van der Waals surface area contributed by atoms with Crippen LogP contribution in [0.1, 0.15) is 25.3 Å². The Morgan fingerprint density at radius 1 is 1.47 bits per heavy atom. The van der Waals surface area contributed by atoms with Crippen LogP contribution in [0.2, 0.25) is 0 Å². The Morgan fingerprint density at radius 2 is 2.20 bits per heavy atom. The summed E-state index contributed by atoms with van der Waals surface area (Å²) in [6.07, 6.45) is 2.97. The van der Waals surface area contributed by atoms with E-state index < -0.39 is 0 Å². The molecule has 1 aromatic rings. The fourth-order valence-electron chi connectivity index (χ4n) is 1.46. The number of benzene rings is 1. The molecule has 1 unspecified atom stereocenters. The molecule has 1 atom stereocenters. The Morgan fingerprint density at radius 3 is 2.80 bits per heavy atom. The van der Waals surface area contributed by atoms with Crippen LogP contribution in [0.15, 0.2) is 22.7 Å². The van der Waals surface area contributed by atoms with Crippen LogP contribution >= 0.6 is 27.5 Å². The quantitative estimate of drug-likeness (QED) is 0.730. The largest absolute Gasteiger partial charge is 0.496 e.